The fourth-order valence-corrected chi connectivity index (χ4v) is 1.95. The fraction of sp³-hybridized carbons (Fsp3) is 0.200. The van der Waals surface area contributed by atoms with Crippen molar-refractivity contribution >= 4 is 11.3 Å². The molecule has 2 nitrogen and oxygen atoms in total. The predicted octanol–water partition coefficient (Wildman–Crippen LogP) is 2.73. The number of thiophene rings is 1. The number of furan rings is 1. The van der Waals surface area contributed by atoms with Crippen molar-refractivity contribution in [3.63, 3.8) is 0 Å². The van der Waals surface area contributed by atoms with Crippen LogP contribution in [0.1, 0.15) is 22.3 Å². The van der Waals surface area contributed by atoms with E-state index >= 15 is 0 Å². The molecular weight excluding hydrogens is 184 g/mol. The summed E-state index contributed by atoms with van der Waals surface area (Å²) in [4.78, 5) is 0.915. The van der Waals surface area contributed by atoms with Crippen molar-refractivity contribution in [2.24, 2.45) is 0 Å². The second-order valence-electron chi connectivity index (χ2n) is 2.89. The lowest BCUT2D eigenvalue weighted by Crippen LogP contribution is -1.96. The van der Waals surface area contributed by atoms with Crippen LogP contribution in [0.5, 0.6) is 0 Å². The lowest BCUT2D eigenvalue weighted by molar-refractivity contribution is 0.192. The predicted molar refractivity (Wildman–Crippen MR) is 51.8 cm³/mol. The molecule has 0 bridgehead atoms. The van der Waals surface area contributed by atoms with Crippen molar-refractivity contribution in [2.75, 3.05) is 0 Å². The summed E-state index contributed by atoms with van der Waals surface area (Å²) in [5.74, 6) is 0.641. The molecule has 2 heterocycles. The van der Waals surface area contributed by atoms with Gasteiger partial charge in [-0.2, -0.15) is 0 Å². The van der Waals surface area contributed by atoms with E-state index in [1.165, 1.54) is 11.3 Å². The molecule has 0 spiro atoms. The average molecular weight is 194 g/mol. The van der Waals surface area contributed by atoms with Crippen LogP contribution in [-0.4, -0.2) is 5.11 Å². The van der Waals surface area contributed by atoms with E-state index in [1.807, 2.05) is 30.5 Å². The van der Waals surface area contributed by atoms with Crippen LogP contribution in [0.3, 0.4) is 0 Å². The molecule has 0 aliphatic heterocycles. The third-order valence-corrected chi connectivity index (χ3v) is 2.89. The molecule has 68 valence electrons. The van der Waals surface area contributed by atoms with Gasteiger partial charge in [0.1, 0.15) is 11.9 Å². The van der Waals surface area contributed by atoms with Crippen molar-refractivity contribution < 1.29 is 9.52 Å². The minimum absolute atomic E-state index is 0.616. The molecule has 13 heavy (non-hydrogen) atoms. The van der Waals surface area contributed by atoms with Crippen LogP contribution in [0.4, 0.5) is 0 Å². The van der Waals surface area contributed by atoms with E-state index in [0.29, 0.717) is 5.76 Å². The maximum atomic E-state index is 9.87. The van der Waals surface area contributed by atoms with Gasteiger partial charge in [-0.3, -0.25) is 0 Å². The number of rotatable bonds is 2. The van der Waals surface area contributed by atoms with Gasteiger partial charge < -0.3 is 9.52 Å². The van der Waals surface area contributed by atoms with Crippen molar-refractivity contribution in [3.8, 4) is 0 Å². The minimum atomic E-state index is -0.616. The Balaban J connectivity index is 2.33. The van der Waals surface area contributed by atoms with Crippen LogP contribution < -0.4 is 0 Å². The molecule has 0 aliphatic carbocycles. The van der Waals surface area contributed by atoms with Gasteiger partial charge >= 0.3 is 0 Å². The highest BCUT2D eigenvalue weighted by atomic mass is 32.1. The van der Waals surface area contributed by atoms with Gasteiger partial charge in [-0.15, -0.1) is 11.3 Å². The first-order chi connectivity index (χ1) is 6.29. The molecule has 1 atom stereocenters. The Bertz CT molecular complexity index is 375. The molecule has 2 aromatic heterocycles. The summed E-state index contributed by atoms with van der Waals surface area (Å²) in [7, 11) is 0. The molecule has 0 fully saturated rings. The highest BCUT2D eigenvalue weighted by Crippen LogP contribution is 2.28. The maximum Gasteiger partial charge on any atom is 0.146 e. The summed E-state index contributed by atoms with van der Waals surface area (Å²) in [5.41, 5.74) is 0.987. The molecule has 0 saturated heterocycles. The Morgan fingerprint density at radius 2 is 2.31 bits per heavy atom. The highest BCUT2D eigenvalue weighted by Gasteiger charge is 2.16. The number of aliphatic hydroxyl groups is 1. The monoisotopic (exact) mass is 194 g/mol. The first-order valence-corrected chi connectivity index (χ1v) is 4.92. The van der Waals surface area contributed by atoms with Crippen LogP contribution in [0.2, 0.25) is 0 Å². The van der Waals surface area contributed by atoms with E-state index in [9.17, 15) is 5.11 Å². The zero-order valence-corrected chi connectivity index (χ0v) is 8.04. The lowest BCUT2D eigenvalue weighted by atomic mass is 10.1. The zero-order chi connectivity index (χ0) is 9.26. The van der Waals surface area contributed by atoms with E-state index in [0.717, 1.165) is 10.4 Å². The van der Waals surface area contributed by atoms with Crippen LogP contribution in [0.15, 0.2) is 34.3 Å². The topological polar surface area (TPSA) is 33.4 Å². The number of aliphatic hydroxyl groups excluding tert-OH is 1. The van der Waals surface area contributed by atoms with Crippen LogP contribution in [0, 0.1) is 6.92 Å². The maximum absolute atomic E-state index is 9.87. The average Bonchev–Trinajstić information content (AvgIpc) is 2.72. The summed E-state index contributed by atoms with van der Waals surface area (Å²) in [6.07, 6.45) is 0.983. The fourth-order valence-electron chi connectivity index (χ4n) is 1.24. The second-order valence-corrected chi connectivity index (χ2v) is 3.87. The van der Waals surface area contributed by atoms with Gasteiger partial charge in [0.15, 0.2) is 0 Å². The van der Waals surface area contributed by atoms with Gasteiger partial charge in [-0.25, -0.2) is 0 Å². The Hall–Kier alpha value is -1.06. The molecule has 1 unspecified atom stereocenters. The van der Waals surface area contributed by atoms with Crippen molar-refractivity contribution in [2.45, 2.75) is 13.0 Å². The molecule has 0 saturated carbocycles. The van der Waals surface area contributed by atoms with Crippen molar-refractivity contribution in [1.29, 1.82) is 0 Å². The lowest BCUT2D eigenvalue weighted by Gasteiger charge is -2.05. The third-order valence-electron chi connectivity index (χ3n) is 1.96. The van der Waals surface area contributed by atoms with Gasteiger partial charge in [0.25, 0.3) is 0 Å². The molecule has 0 amide bonds. The number of aryl methyl sites for hydroxylation is 1. The molecule has 0 aromatic carbocycles. The van der Waals surface area contributed by atoms with E-state index in [2.05, 4.69) is 0 Å². The zero-order valence-electron chi connectivity index (χ0n) is 7.23. The normalized spacial score (nSPS) is 13.1. The third kappa shape index (κ3) is 1.53. The summed E-state index contributed by atoms with van der Waals surface area (Å²) >= 11 is 1.53. The standard InChI is InChI=1S/C10H10O2S/c1-7-4-5-12-10(7)9(11)8-3-2-6-13-8/h2-6,9,11H,1H3. The molecule has 1 N–H and O–H groups in total. The van der Waals surface area contributed by atoms with E-state index in [4.69, 9.17) is 4.42 Å². The Kier molecular flexibility index (Phi) is 2.20. The molecule has 2 rings (SSSR count). The van der Waals surface area contributed by atoms with Gasteiger partial charge in [-0.05, 0) is 30.0 Å². The summed E-state index contributed by atoms with van der Waals surface area (Å²) in [5, 5.41) is 11.8. The minimum Gasteiger partial charge on any atom is -0.466 e. The quantitative estimate of drug-likeness (QED) is 0.797. The van der Waals surface area contributed by atoms with E-state index < -0.39 is 6.10 Å². The second kappa shape index (κ2) is 3.36. The van der Waals surface area contributed by atoms with Gasteiger partial charge in [0, 0.05) is 4.88 Å². The molecule has 0 radical (unpaired) electrons. The molecule has 2 aromatic rings. The Morgan fingerprint density at radius 3 is 2.85 bits per heavy atom. The first kappa shape index (κ1) is 8.53. The Morgan fingerprint density at radius 1 is 1.46 bits per heavy atom. The van der Waals surface area contributed by atoms with E-state index in [-0.39, 0.29) is 0 Å². The van der Waals surface area contributed by atoms with Gasteiger partial charge in [0.2, 0.25) is 0 Å². The smallest absolute Gasteiger partial charge is 0.146 e. The van der Waals surface area contributed by atoms with Crippen LogP contribution >= 0.6 is 11.3 Å². The van der Waals surface area contributed by atoms with Crippen molar-refractivity contribution in [1.82, 2.24) is 0 Å². The van der Waals surface area contributed by atoms with Gasteiger partial charge in [0.05, 0.1) is 6.26 Å². The number of hydrogen-bond acceptors (Lipinski definition) is 3. The summed E-state index contributed by atoms with van der Waals surface area (Å²) in [6, 6.07) is 5.67. The number of hydrogen-bond donors (Lipinski definition) is 1. The SMILES string of the molecule is Cc1ccoc1C(O)c1cccs1. The molecule has 3 heteroatoms. The first-order valence-electron chi connectivity index (χ1n) is 4.04. The molecular formula is C10H10O2S. The van der Waals surface area contributed by atoms with Crippen LogP contribution in [-0.2, 0) is 0 Å². The Labute approximate surface area is 80.4 Å². The van der Waals surface area contributed by atoms with Gasteiger partial charge in [-0.1, -0.05) is 6.07 Å². The summed E-state index contributed by atoms with van der Waals surface area (Å²) in [6.45, 7) is 1.93. The largest absolute Gasteiger partial charge is 0.466 e. The summed E-state index contributed by atoms with van der Waals surface area (Å²) < 4.78 is 5.21. The highest BCUT2D eigenvalue weighted by molar-refractivity contribution is 7.10. The van der Waals surface area contributed by atoms with E-state index in [1.54, 1.807) is 6.26 Å². The molecule has 0 aliphatic rings. The van der Waals surface area contributed by atoms with Crippen LogP contribution in [0.25, 0.3) is 0 Å². The van der Waals surface area contributed by atoms with Crippen molar-refractivity contribution in [3.05, 3.63) is 46.0 Å².